The molecule has 2 fully saturated rings. The van der Waals surface area contributed by atoms with Crippen LogP contribution >= 0.6 is 0 Å². The van der Waals surface area contributed by atoms with Gasteiger partial charge in [-0.3, -0.25) is 0 Å². The van der Waals surface area contributed by atoms with Crippen molar-refractivity contribution in [1.29, 1.82) is 0 Å². The standard InChI is InChI=1S/C18H24O3/c19-17-4-1-3-13-11-14(5-6-16(13)17)21-15-7-10-20-18(12-15)8-2-9-18/h5-6,11,15,17,19H,1-4,7-10,12H2. The van der Waals surface area contributed by atoms with Gasteiger partial charge in [-0.15, -0.1) is 0 Å². The Morgan fingerprint density at radius 1 is 1.19 bits per heavy atom. The van der Waals surface area contributed by atoms with Crippen molar-refractivity contribution >= 4 is 0 Å². The van der Waals surface area contributed by atoms with Crippen LogP contribution in [0.4, 0.5) is 0 Å². The first-order chi connectivity index (χ1) is 10.2. The van der Waals surface area contributed by atoms with Gasteiger partial charge in [0.05, 0.1) is 18.3 Å². The van der Waals surface area contributed by atoms with Crippen molar-refractivity contribution in [3.05, 3.63) is 29.3 Å². The van der Waals surface area contributed by atoms with Crippen LogP contribution < -0.4 is 4.74 Å². The van der Waals surface area contributed by atoms with Gasteiger partial charge in [-0.2, -0.15) is 0 Å². The molecule has 0 radical (unpaired) electrons. The summed E-state index contributed by atoms with van der Waals surface area (Å²) >= 11 is 0. The number of fused-ring (bicyclic) bond motifs is 1. The highest BCUT2D eigenvalue weighted by atomic mass is 16.5. The zero-order valence-electron chi connectivity index (χ0n) is 12.5. The fourth-order valence-corrected chi connectivity index (χ4v) is 4.03. The highest BCUT2D eigenvalue weighted by molar-refractivity contribution is 5.38. The van der Waals surface area contributed by atoms with Crippen LogP contribution in [0.25, 0.3) is 0 Å². The Balaban J connectivity index is 1.47. The summed E-state index contributed by atoms with van der Waals surface area (Å²) in [5.41, 5.74) is 2.49. The van der Waals surface area contributed by atoms with Crippen molar-refractivity contribution in [2.45, 2.75) is 69.2 Å². The van der Waals surface area contributed by atoms with Crippen LogP contribution in [0.2, 0.25) is 0 Å². The molecular weight excluding hydrogens is 264 g/mol. The van der Waals surface area contributed by atoms with E-state index in [1.807, 2.05) is 12.1 Å². The molecule has 1 spiro atoms. The Hall–Kier alpha value is -1.06. The van der Waals surface area contributed by atoms with E-state index >= 15 is 0 Å². The second kappa shape index (κ2) is 5.29. The number of rotatable bonds is 2. The quantitative estimate of drug-likeness (QED) is 0.904. The fraction of sp³-hybridized carbons (Fsp3) is 0.667. The molecule has 1 saturated carbocycles. The molecule has 21 heavy (non-hydrogen) atoms. The molecule has 0 bridgehead atoms. The molecule has 3 aliphatic rings. The number of ether oxygens (including phenoxy) is 2. The van der Waals surface area contributed by atoms with Gasteiger partial charge in [0.1, 0.15) is 11.9 Å². The largest absolute Gasteiger partial charge is 0.490 e. The van der Waals surface area contributed by atoms with Crippen molar-refractivity contribution in [3.63, 3.8) is 0 Å². The third-order valence-corrected chi connectivity index (χ3v) is 5.41. The zero-order chi connectivity index (χ0) is 14.3. The van der Waals surface area contributed by atoms with Gasteiger partial charge in [-0.25, -0.2) is 0 Å². The van der Waals surface area contributed by atoms with Crippen molar-refractivity contribution in [2.75, 3.05) is 6.61 Å². The lowest BCUT2D eigenvalue weighted by molar-refractivity contribution is -0.153. The Labute approximate surface area is 126 Å². The first kappa shape index (κ1) is 13.6. The molecule has 1 aliphatic heterocycles. The summed E-state index contributed by atoms with van der Waals surface area (Å²) in [7, 11) is 0. The summed E-state index contributed by atoms with van der Waals surface area (Å²) in [6.45, 7) is 0.828. The minimum Gasteiger partial charge on any atom is -0.490 e. The van der Waals surface area contributed by atoms with Gasteiger partial charge in [0, 0.05) is 12.8 Å². The maximum atomic E-state index is 10.0. The van der Waals surface area contributed by atoms with E-state index in [4.69, 9.17) is 9.47 Å². The third-order valence-electron chi connectivity index (χ3n) is 5.41. The molecule has 1 aromatic rings. The Morgan fingerprint density at radius 2 is 2.10 bits per heavy atom. The minimum absolute atomic E-state index is 0.132. The van der Waals surface area contributed by atoms with E-state index in [0.29, 0.717) is 0 Å². The lowest BCUT2D eigenvalue weighted by atomic mass is 9.74. The molecule has 0 aromatic heterocycles. The lowest BCUT2D eigenvalue weighted by Crippen LogP contribution is -2.48. The molecule has 4 rings (SSSR count). The summed E-state index contributed by atoms with van der Waals surface area (Å²) in [6.07, 6.45) is 8.72. The summed E-state index contributed by atoms with van der Waals surface area (Å²) in [5.74, 6) is 0.962. The van der Waals surface area contributed by atoms with E-state index in [9.17, 15) is 5.11 Å². The highest BCUT2D eigenvalue weighted by Crippen LogP contribution is 2.43. The van der Waals surface area contributed by atoms with Crippen LogP contribution in [-0.4, -0.2) is 23.4 Å². The van der Waals surface area contributed by atoms with E-state index in [2.05, 4.69) is 6.07 Å². The van der Waals surface area contributed by atoms with Crippen LogP contribution in [0, 0.1) is 0 Å². The third kappa shape index (κ3) is 2.58. The number of benzene rings is 1. The van der Waals surface area contributed by atoms with Crippen molar-refractivity contribution < 1.29 is 14.6 Å². The summed E-state index contributed by atoms with van der Waals surface area (Å²) in [5, 5.41) is 10.0. The Kier molecular flexibility index (Phi) is 3.43. The second-order valence-corrected chi connectivity index (χ2v) is 6.89. The topological polar surface area (TPSA) is 38.7 Å². The molecule has 1 N–H and O–H groups in total. The van der Waals surface area contributed by atoms with Gasteiger partial charge >= 0.3 is 0 Å². The number of hydrogen-bond donors (Lipinski definition) is 1. The summed E-state index contributed by atoms with van der Waals surface area (Å²) < 4.78 is 12.2. The number of aliphatic hydroxyl groups excluding tert-OH is 1. The van der Waals surface area contributed by atoms with Crippen LogP contribution in [0.1, 0.15) is 62.2 Å². The van der Waals surface area contributed by atoms with Crippen molar-refractivity contribution in [3.8, 4) is 5.75 Å². The van der Waals surface area contributed by atoms with Crippen LogP contribution in [0.5, 0.6) is 5.75 Å². The molecule has 1 heterocycles. The normalized spacial score (nSPS) is 30.5. The second-order valence-electron chi connectivity index (χ2n) is 6.89. The van der Waals surface area contributed by atoms with Crippen LogP contribution in [-0.2, 0) is 11.2 Å². The van der Waals surface area contributed by atoms with Crippen molar-refractivity contribution in [2.24, 2.45) is 0 Å². The fourth-order valence-electron chi connectivity index (χ4n) is 4.03. The monoisotopic (exact) mass is 288 g/mol. The molecule has 3 heteroatoms. The Bertz CT molecular complexity index is 521. The zero-order valence-corrected chi connectivity index (χ0v) is 12.5. The molecule has 2 unspecified atom stereocenters. The number of hydrogen-bond acceptors (Lipinski definition) is 3. The SMILES string of the molecule is OC1CCCc2cc(OC3CCOC4(CCC4)C3)ccc21. The maximum absolute atomic E-state index is 10.0. The first-order valence-electron chi connectivity index (χ1n) is 8.36. The van der Waals surface area contributed by atoms with E-state index < -0.39 is 0 Å². The predicted molar refractivity (Wildman–Crippen MR) is 80.5 cm³/mol. The minimum atomic E-state index is -0.288. The molecule has 1 saturated heterocycles. The van der Waals surface area contributed by atoms with E-state index in [1.165, 1.54) is 24.8 Å². The van der Waals surface area contributed by atoms with Gasteiger partial charge < -0.3 is 14.6 Å². The van der Waals surface area contributed by atoms with Crippen LogP contribution in [0.15, 0.2) is 18.2 Å². The molecule has 2 atom stereocenters. The molecule has 0 amide bonds. The molecular formula is C18H24O3. The average Bonchev–Trinajstić information content (AvgIpc) is 2.46. The summed E-state index contributed by atoms with van der Waals surface area (Å²) in [6, 6.07) is 6.21. The molecule has 3 nitrogen and oxygen atoms in total. The lowest BCUT2D eigenvalue weighted by Gasteiger charge is -2.46. The molecule has 114 valence electrons. The maximum Gasteiger partial charge on any atom is 0.120 e. The van der Waals surface area contributed by atoms with E-state index in [-0.39, 0.29) is 17.8 Å². The first-order valence-corrected chi connectivity index (χ1v) is 8.36. The average molecular weight is 288 g/mol. The van der Waals surface area contributed by atoms with Gasteiger partial charge in [0.2, 0.25) is 0 Å². The summed E-state index contributed by atoms with van der Waals surface area (Å²) in [4.78, 5) is 0. The smallest absolute Gasteiger partial charge is 0.120 e. The van der Waals surface area contributed by atoms with Gasteiger partial charge in [-0.05, 0) is 61.8 Å². The van der Waals surface area contributed by atoms with E-state index in [1.54, 1.807) is 0 Å². The van der Waals surface area contributed by atoms with Gasteiger partial charge in [0.25, 0.3) is 0 Å². The molecule has 2 aliphatic carbocycles. The highest BCUT2D eigenvalue weighted by Gasteiger charge is 2.43. The van der Waals surface area contributed by atoms with Crippen LogP contribution in [0.3, 0.4) is 0 Å². The Morgan fingerprint density at radius 3 is 2.90 bits per heavy atom. The van der Waals surface area contributed by atoms with Crippen molar-refractivity contribution in [1.82, 2.24) is 0 Å². The predicted octanol–water partition coefficient (Wildman–Crippen LogP) is 3.54. The molecule has 1 aromatic carbocycles. The van der Waals surface area contributed by atoms with E-state index in [0.717, 1.165) is 50.0 Å². The number of aliphatic hydroxyl groups is 1. The van der Waals surface area contributed by atoms with Gasteiger partial charge in [0.15, 0.2) is 0 Å². The van der Waals surface area contributed by atoms with Gasteiger partial charge in [-0.1, -0.05) is 6.07 Å². The number of aryl methyl sites for hydroxylation is 1.